The molecule has 0 amide bonds. The summed E-state index contributed by atoms with van der Waals surface area (Å²) in [5.41, 5.74) is 0.599. The molecule has 1 aliphatic rings. The average Bonchev–Trinajstić information content (AvgIpc) is 2.87. The Morgan fingerprint density at radius 3 is 2.67 bits per heavy atom. The molecule has 1 saturated carbocycles. The zero-order valence-corrected chi connectivity index (χ0v) is 9.33. The lowest BCUT2D eigenvalue weighted by atomic mass is 10.1. The smallest absolute Gasteiger partial charge is 0.319 e. The van der Waals surface area contributed by atoms with Crippen LogP contribution in [0.15, 0.2) is 6.20 Å². The molecule has 0 atom stereocenters. The predicted molar refractivity (Wildman–Crippen MR) is 55.6 cm³/mol. The quantitative estimate of drug-likeness (QED) is 0.770. The van der Waals surface area contributed by atoms with E-state index >= 15 is 0 Å². The number of nitrogens with one attached hydrogen (secondary N) is 1. The number of nitrogens with zero attached hydrogens (tertiary/aromatic N) is 1. The molecule has 0 spiro atoms. The molecule has 1 aromatic rings. The van der Waals surface area contributed by atoms with Crippen LogP contribution >= 0.6 is 0 Å². The Balaban J connectivity index is 2.26. The van der Waals surface area contributed by atoms with Gasteiger partial charge < -0.3 is 9.72 Å². The summed E-state index contributed by atoms with van der Waals surface area (Å²) in [7, 11) is 1.43. The number of carbonyl (C=O) groups is 1. The Bertz CT molecular complexity index is 378. The van der Waals surface area contributed by atoms with E-state index in [0.717, 1.165) is 24.4 Å². The molecule has 0 unspecified atom stereocenters. The maximum Gasteiger partial charge on any atom is 0.319 e. The van der Waals surface area contributed by atoms with Crippen LogP contribution in [0.3, 0.4) is 0 Å². The van der Waals surface area contributed by atoms with Crippen molar-refractivity contribution >= 4 is 5.97 Å². The number of aromatic nitrogens is 2. The number of esters is 1. The van der Waals surface area contributed by atoms with Crippen LogP contribution in [-0.2, 0) is 14.9 Å². The van der Waals surface area contributed by atoms with Crippen molar-refractivity contribution < 1.29 is 9.53 Å². The van der Waals surface area contributed by atoms with Crippen molar-refractivity contribution in [2.24, 2.45) is 0 Å². The first-order valence-electron chi connectivity index (χ1n) is 5.24. The number of rotatable bonds is 3. The van der Waals surface area contributed by atoms with E-state index in [-0.39, 0.29) is 5.97 Å². The fraction of sp³-hybridized carbons (Fsp3) is 0.636. The van der Waals surface area contributed by atoms with Gasteiger partial charge in [-0.25, -0.2) is 4.98 Å². The van der Waals surface area contributed by atoms with Crippen molar-refractivity contribution in [3.8, 4) is 0 Å². The van der Waals surface area contributed by atoms with Crippen molar-refractivity contribution in [3.05, 3.63) is 17.7 Å². The number of H-pyrrole nitrogens is 1. The van der Waals surface area contributed by atoms with Gasteiger partial charge in [0, 0.05) is 11.9 Å². The van der Waals surface area contributed by atoms with E-state index in [1.165, 1.54) is 7.11 Å². The first-order chi connectivity index (χ1) is 7.10. The standard InChI is InChI=1S/C11H16N2O2/c1-7(2)8-6-12-9(13-8)11(4-5-11)10(14)15-3/h6-7H,4-5H2,1-3H3,(H,12,13). The van der Waals surface area contributed by atoms with Crippen molar-refractivity contribution in [1.82, 2.24) is 9.97 Å². The Morgan fingerprint density at radius 1 is 1.60 bits per heavy atom. The zero-order valence-electron chi connectivity index (χ0n) is 9.33. The Labute approximate surface area is 89.0 Å². The molecule has 4 heteroatoms. The second-order valence-corrected chi connectivity index (χ2v) is 4.42. The monoisotopic (exact) mass is 208 g/mol. The minimum Gasteiger partial charge on any atom is -0.468 e. The fourth-order valence-corrected chi connectivity index (χ4v) is 1.73. The molecular formula is C11H16N2O2. The van der Waals surface area contributed by atoms with E-state index in [1.54, 1.807) is 0 Å². The van der Waals surface area contributed by atoms with Crippen LogP contribution in [0.4, 0.5) is 0 Å². The number of hydrogen-bond donors (Lipinski definition) is 1. The van der Waals surface area contributed by atoms with Crippen molar-refractivity contribution in [2.45, 2.75) is 38.0 Å². The third-order valence-corrected chi connectivity index (χ3v) is 3.00. The molecule has 2 rings (SSSR count). The molecule has 0 aliphatic heterocycles. The molecule has 1 fully saturated rings. The molecule has 1 aliphatic carbocycles. The van der Waals surface area contributed by atoms with Gasteiger partial charge in [-0.05, 0) is 18.8 Å². The number of carbonyl (C=O) groups excluding carboxylic acids is 1. The maximum atomic E-state index is 11.6. The van der Waals surface area contributed by atoms with Gasteiger partial charge in [0.25, 0.3) is 0 Å². The minimum absolute atomic E-state index is 0.174. The molecule has 0 bridgehead atoms. The maximum absolute atomic E-state index is 11.6. The van der Waals surface area contributed by atoms with Crippen LogP contribution in [0.1, 0.15) is 44.1 Å². The Kier molecular flexibility index (Phi) is 2.29. The number of methoxy groups -OCH3 is 1. The number of hydrogen-bond acceptors (Lipinski definition) is 3. The van der Waals surface area contributed by atoms with Crippen LogP contribution in [0.25, 0.3) is 0 Å². The largest absolute Gasteiger partial charge is 0.468 e. The molecule has 82 valence electrons. The van der Waals surface area contributed by atoms with Gasteiger partial charge in [-0.2, -0.15) is 0 Å². The van der Waals surface area contributed by atoms with E-state index in [9.17, 15) is 4.79 Å². The molecule has 4 nitrogen and oxygen atoms in total. The van der Waals surface area contributed by atoms with Gasteiger partial charge in [0.2, 0.25) is 0 Å². The second-order valence-electron chi connectivity index (χ2n) is 4.42. The third-order valence-electron chi connectivity index (χ3n) is 3.00. The van der Waals surface area contributed by atoms with E-state index in [1.807, 2.05) is 6.20 Å². The summed E-state index contributed by atoms with van der Waals surface area (Å²) in [6, 6.07) is 0. The predicted octanol–water partition coefficient (Wildman–Crippen LogP) is 1.74. The summed E-state index contributed by atoms with van der Waals surface area (Å²) in [6.07, 6.45) is 3.48. The number of aromatic amines is 1. The van der Waals surface area contributed by atoms with Gasteiger partial charge in [-0.1, -0.05) is 13.8 Å². The van der Waals surface area contributed by atoms with Gasteiger partial charge in [0.1, 0.15) is 11.2 Å². The fourth-order valence-electron chi connectivity index (χ4n) is 1.73. The topological polar surface area (TPSA) is 55.0 Å². The third kappa shape index (κ3) is 1.54. The zero-order chi connectivity index (χ0) is 11.1. The first-order valence-corrected chi connectivity index (χ1v) is 5.24. The molecular weight excluding hydrogens is 192 g/mol. The Hall–Kier alpha value is -1.32. The highest BCUT2D eigenvalue weighted by Crippen LogP contribution is 2.47. The lowest BCUT2D eigenvalue weighted by molar-refractivity contribution is -0.143. The second kappa shape index (κ2) is 3.36. The summed E-state index contributed by atoms with van der Waals surface area (Å²) < 4.78 is 4.80. The van der Waals surface area contributed by atoms with Gasteiger partial charge in [-0.3, -0.25) is 4.79 Å². The summed E-state index contributed by atoms with van der Waals surface area (Å²) in [6.45, 7) is 4.18. The van der Waals surface area contributed by atoms with Crippen LogP contribution < -0.4 is 0 Å². The van der Waals surface area contributed by atoms with Gasteiger partial charge in [0.05, 0.1) is 7.11 Å². The SMILES string of the molecule is COC(=O)C1(c2ncc(C(C)C)[nH]2)CC1. The van der Waals surface area contributed by atoms with Crippen LogP contribution in [0, 0.1) is 0 Å². The summed E-state index contributed by atoms with van der Waals surface area (Å²) >= 11 is 0. The number of imidazole rings is 1. The highest BCUT2D eigenvalue weighted by atomic mass is 16.5. The molecule has 0 saturated heterocycles. The molecule has 0 radical (unpaired) electrons. The summed E-state index contributed by atoms with van der Waals surface area (Å²) in [5, 5.41) is 0. The molecule has 0 aromatic carbocycles. The van der Waals surface area contributed by atoms with E-state index < -0.39 is 5.41 Å². The molecule has 1 heterocycles. The first kappa shape index (κ1) is 10.2. The van der Waals surface area contributed by atoms with E-state index in [4.69, 9.17) is 4.74 Å². The van der Waals surface area contributed by atoms with E-state index in [2.05, 4.69) is 23.8 Å². The molecule has 1 aromatic heterocycles. The normalized spacial score (nSPS) is 17.9. The van der Waals surface area contributed by atoms with Gasteiger partial charge in [-0.15, -0.1) is 0 Å². The van der Waals surface area contributed by atoms with Crippen molar-refractivity contribution in [3.63, 3.8) is 0 Å². The van der Waals surface area contributed by atoms with Gasteiger partial charge >= 0.3 is 5.97 Å². The lowest BCUT2D eigenvalue weighted by Gasteiger charge is -2.09. The number of ether oxygens (including phenoxy) is 1. The minimum atomic E-state index is -0.470. The van der Waals surface area contributed by atoms with Gasteiger partial charge in [0.15, 0.2) is 0 Å². The molecule has 1 N–H and O–H groups in total. The van der Waals surface area contributed by atoms with Crippen molar-refractivity contribution in [1.29, 1.82) is 0 Å². The summed E-state index contributed by atoms with van der Waals surface area (Å²) in [4.78, 5) is 19.1. The highest BCUT2D eigenvalue weighted by molar-refractivity contribution is 5.85. The molecule has 15 heavy (non-hydrogen) atoms. The van der Waals surface area contributed by atoms with Crippen LogP contribution in [0.2, 0.25) is 0 Å². The van der Waals surface area contributed by atoms with Crippen LogP contribution in [-0.4, -0.2) is 23.0 Å². The van der Waals surface area contributed by atoms with Crippen LogP contribution in [0.5, 0.6) is 0 Å². The summed E-state index contributed by atoms with van der Waals surface area (Å²) in [5.74, 6) is 0.991. The Morgan fingerprint density at radius 2 is 2.27 bits per heavy atom. The highest BCUT2D eigenvalue weighted by Gasteiger charge is 2.55. The van der Waals surface area contributed by atoms with Crippen molar-refractivity contribution in [2.75, 3.05) is 7.11 Å². The van der Waals surface area contributed by atoms with E-state index in [0.29, 0.717) is 5.92 Å². The lowest BCUT2D eigenvalue weighted by Crippen LogP contribution is -2.23. The average molecular weight is 208 g/mol.